The molecule has 1 aliphatic rings. The zero-order valence-electron chi connectivity index (χ0n) is 10.8. The maximum atomic E-state index is 9.29. The maximum absolute atomic E-state index is 9.29. The largest absolute Gasteiger partial charge is 0.508 e. The number of phenolic OH excluding ortho intramolecular Hbond substituents is 1. The van der Waals surface area contributed by atoms with E-state index in [0.717, 1.165) is 18.8 Å². The lowest BCUT2D eigenvalue weighted by molar-refractivity contribution is 0.161. The average Bonchev–Trinajstić information content (AvgIpc) is 2.27. The number of aromatic hydroxyl groups is 1. The van der Waals surface area contributed by atoms with Crippen LogP contribution in [0.15, 0.2) is 24.3 Å². The van der Waals surface area contributed by atoms with Gasteiger partial charge in [0.15, 0.2) is 0 Å². The van der Waals surface area contributed by atoms with Gasteiger partial charge in [-0.1, -0.05) is 32.4 Å². The Balaban J connectivity index is 2.12. The highest BCUT2D eigenvalue weighted by atomic mass is 16.3. The van der Waals surface area contributed by atoms with Crippen LogP contribution in [0.5, 0.6) is 5.75 Å². The lowest BCUT2D eigenvalue weighted by atomic mass is 9.68. The van der Waals surface area contributed by atoms with Gasteiger partial charge in [0.2, 0.25) is 0 Å². The van der Waals surface area contributed by atoms with E-state index in [1.54, 1.807) is 12.1 Å². The molecule has 1 aromatic rings. The summed E-state index contributed by atoms with van der Waals surface area (Å²) in [6.07, 6.45) is 4.55. The molecule has 0 bridgehead atoms. The van der Waals surface area contributed by atoms with Crippen molar-refractivity contribution in [3.8, 4) is 5.75 Å². The molecule has 1 aliphatic carbocycles. The van der Waals surface area contributed by atoms with Crippen LogP contribution in [0.2, 0.25) is 0 Å². The topological polar surface area (TPSA) is 46.2 Å². The first kappa shape index (κ1) is 12.4. The molecule has 2 rings (SSSR count). The summed E-state index contributed by atoms with van der Waals surface area (Å²) in [4.78, 5) is 0. The van der Waals surface area contributed by atoms with Crippen LogP contribution < -0.4 is 5.73 Å². The summed E-state index contributed by atoms with van der Waals surface area (Å²) >= 11 is 0. The van der Waals surface area contributed by atoms with Crippen LogP contribution in [0.25, 0.3) is 0 Å². The van der Waals surface area contributed by atoms with Gasteiger partial charge >= 0.3 is 0 Å². The van der Waals surface area contributed by atoms with Gasteiger partial charge in [0.25, 0.3) is 0 Å². The van der Waals surface area contributed by atoms with Crippen LogP contribution in [-0.2, 0) is 6.42 Å². The van der Waals surface area contributed by atoms with Crippen molar-refractivity contribution in [3.63, 3.8) is 0 Å². The Hall–Kier alpha value is -1.02. The van der Waals surface area contributed by atoms with Crippen LogP contribution >= 0.6 is 0 Å². The highest BCUT2D eigenvalue weighted by Crippen LogP contribution is 2.37. The van der Waals surface area contributed by atoms with Gasteiger partial charge in [-0.25, -0.2) is 0 Å². The van der Waals surface area contributed by atoms with Gasteiger partial charge in [0.1, 0.15) is 5.75 Å². The van der Waals surface area contributed by atoms with Crippen molar-refractivity contribution < 1.29 is 5.11 Å². The lowest BCUT2D eigenvalue weighted by Gasteiger charge is -2.42. The van der Waals surface area contributed by atoms with E-state index in [1.165, 1.54) is 18.4 Å². The summed E-state index contributed by atoms with van der Waals surface area (Å²) in [7, 11) is 0. The first-order chi connectivity index (χ1) is 7.99. The molecular formula is C15H23NO. The van der Waals surface area contributed by atoms with Gasteiger partial charge < -0.3 is 10.8 Å². The van der Waals surface area contributed by atoms with E-state index in [4.69, 9.17) is 5.73 Å². The summed E-state index contributed by atoms with van der Waals surface area (Å²) in [5.74, 6) is 1.63. The van der Waals surface area contributed by atoms with Crippen LogP contribution in [0, 0.1) is 11.8 Å². The molecule has 0 aromatic heterocycles. The molecule has 0 amide bonds. The van der Waals surface area contributed by atoms with Crippen molar-refractivity contribution in [3.05, 3.63) is 29.8 Å². The van der Waals surface area contributed by atoms with Gasteiger partial charge in [-0.15, -0.1) is 0 Å². The summed E-state index contributed by atoms with van der Waals surface area (Å²) in [5.41, 5.74) is 7.75. The number of benzene rings is 1. The van der Waals surface area contributed by atoms with Crippen molar-refractivity contribution in [1.82, 2.24) is 0 Å². The predicted molar refractivity (Wildman–Crippen MR) is 70.9 cm³/mol. The SMILES string of the molecule is CC1CCC(C)C(N)(Cc2ccc(O)cc2)C1. The van der Waals surface area contributed by atoms with Crippen LogP contribution in [0.3, 0.4) is 0 Å². The monoisotopic (exact) mass is 233 g/mol. The normalized spacial score (nSPS) is 33.6. The fourth-order valence-electron chi connectivity index (χ4n) is 3.01. The van der Waals surface area contributed by atoms with Crippen LogP contribution in [-0.4, -0.2) is 10.6 Å². The fraction of sp³-hybridized carbons (Fsp3) is 0.600. The molecule has 17 heavy (non-hydrogen) atoms. The Kier molecular flexibility index (Phi) is 3.43. The van der Waals surface area contributed by atoms with Crippen molar-refractivity contribution >= 4 is 0 Å². The quantitative estimate of drug-likeness (QED) is 0.824. The van der Waals surface area contributed by atoms with E-state index >= 15 is 0 Å². The second-order valence-corrected chi connectivity index (χ2v) is 5.86. The molecular weight excluding hydrogens is 210 g/mol. The standard InChI is InChI=1S/C15H23NO/c1-11-3-4-12(2)15(16,9-11)10-13-5-7-14(17)8-6-13/h5-8,11-12,17H,3-4,9-10,16H2,1-2H3. The average molecular weight is 233 g/mol. The summed E-state index contributed by atoms with van der Waals surface area (Å²) in [6.45, 7) is 4.57. The molecule has 0 heterocycles. The lowest BCUT2D eigenvalue weighted by Crippen LogP contribution is -2.51. The number of phenols is 1. The minimum Gasteiger partial charge on any atom is -0.508 e. The summed E-state index contributed by atoms with van der Waals surface area (Å²) in [6, 6.07) is 7.46. The van der Waals surface area contributed by atoms with Gasteiger partial charge in [-0.2, -0.15) is 0 Å². The van der Waals surface area contributed by atoms with Crippen LogP contribution in [0.4, 0.5) is 0 Å². The molecule has 0 radical (unpaired) electrons. The van der Waals surface area contributed by atoms with Crippen molar-refractivity contribution in [2.24, 2.45) is 17.6 Å². The van der Waals surface area contributed by atoms with E-state index in [1.807, 2.05) is 12.1 Å². The van der Waals surface area contributed by atoms with E-state index < -0.39 is 0 Å². The van der Waals surface area contributed by atoms with Crippen LogP contribution in [0.1, 0.15) is 38.7 Å². The molecule has 0 saturated heterocycles. The number of hydrogen-bond acceptors (Lipinski definition) is 2. The highest BCUT2D eigenvalue weighted by molar-refractivity contribution is 5.27. The summed E-state index contributed by atoms with van der Waals surface area (Å²) < 4.78 is 0. The molecule has 1 aromatic carbocycles. The molecule has 1 fully saturated rings. The Morgan fingerprint density at radius 1 is 1.24 bits per heavy atom. The number of nitrogens with two attached hydrogens (primary N) is 1. The molecule has 3 N–H and O–H groups in total. The van der Waals surface area contributed by atoms with E-state index in [0.29, 0.717) is 11.7 Å². The first-order valence-electron chi connectivity index (χ1n) is 6.56. The van der Waals surface area contributed by atoms with E-state index in [2.05, 4.69) is 13.8 Å². The van der Waals surface area contributed by atoms with Gasteiger partial charge in [-0.05, 0) is 48.8 Å². The predicted octanol–water partition coefficient (Wildman–Crippen LogP) is 3.09. The fourth-order valence-corrected chi connectivity index (χ4v) is 3.01. The van der Waals surface area contributed by atoms with E-state index in [9.17, 15) is 5.11 Å². The number of hydrogen-bond donors (Lipinski definition) is 2. The van der Waals surface area contributed by atoms with Gasteiger partial charge in [0.05, 0.1) is 0 Å². The molecule has 2 nitrogen and oxygen atoms in total. The van der Waals surface area contributed by atoms with Crippen molar-refractivity contribution in [1.29, 1.82) is 0 Å². The molecule has 0 spiro atoms. The second-order valence-electron chi connectivity index (χ2n) is 5.86. The number of rotatable bonds is 2. The Morgan fingerprint density at radius 2 is 1.88 bits per heavy atom. The molecule has 3 atom stereocenters. The highest BCUT2D eigenvalue weighted by Gasteiger charge is 2.36. The maximum Gasteiger partial charge on any atom is 0.115 e. The van der Waals surface area contributed by atoms with Gasteiger partial charge in [0, 0.05) is 5.54 Å². The minimum atomic E-state index is -0.0748. The summed E-state index contributed by atoms with van der Waals surface area (Å²) in [5, 5.41) is 9.29. The van der Waals surface area contributed by atoms with Crippen molar-refractivity contribution in [2.45, 2.75) is 45.1 Å². The molecule has 1 saturated carbocycles. The third-order valence-corrected chi connectivity index (χ3v) is 4.27. The molecule has 2 heteroatoms. The third-order valence-electron chi connectivity index (χ3n) is 4.27. The Bertz CT molecular complexity index is 373. The molecule has 94 valence electrons. The molecule has 3 unspecified atom stereocenters. The zero-order valence-corrected chi connectivity index (χ0v) is 10.8. The minimum absolute atomic E-state index is 0.0748. The smallest absolute Gasteiger partial charge is 0.115 e. The van der Waals surface area contributed by atoms with Crippen molar-refractivity contribution in [2.75, 3.05) is 0 Å². The van der Waals surface area contributed by atoms with E-state index in [-0.39, 0.29) is 5.54 Å². The first-order valence-corrected chi connectivity index (χ1v) is 6.56. The Labute approximate surface area is 104 Å². The Morgan fingerprint density at radius 3 is 2.53 bits per heavy atom. The van der Waals surface area contributed by atoms with Gasteiger partial charge in [-0.3, -0.25) is 0 Å². The zero-order chi connectivity index (χ0) is 12.5. The molecule has 0 aliphatic heterocycles. The third kappa shape index (κ3) is 2.81. The second kappa shape index (κ2) is 4.69.